The first kappa shape index (κ1) is 19.2. The van der Waals surface area contributed by atoms with Crippen LogP contribution in [0.1, 0.15) is 40.0 Å². The molecule has 0 fully saturated rings. The zero-order valence-corrected chi connectivity index (χ0v) is 12.8. The Kier molecular flexibility index (Phi) is 27.2. The summed E-state index contributed by atoms with van der Waals surface area (Å²) in [4.78, 5) is 2.48. The molecule has 0 N–H and O–H groups in total. The van der Waals surface area contributed by atoms with Crippen LogP contribution in [0, 0.1) is 13.8 Å². The molecule has 0 aromatic heterocycles. The number of hydrogen-bond acceptors (Lipinski definition) is 1. The third-order valence-corrected chi connectivity index (χ3v) is 1.55. The maximum Gasteiger partial charge on any atom is 2.00 e. The van der Waals surface area contributed by atoms with Crippen molar-refractivity contribution in [2.24, 2.45) is 0 Å². The summed E-state index contributed by atoms with van der Waals surface area (Å²) in [6.45, 7) is 17.0. The largest absolute Gasteiger partial charge is 2.00 e. The zero-order valence-electron chi connectivity index (χ0n) is 9.81. The molecule has 13 heavy (non-hydrogen) atoms. The molecular weight excluding hydrogens is 212 g/mol. The third-order valence-electron chi connectivity index (χ3n) is 1.55. The van der Waals surface area contributed by atoms with Crippen LogP contribution in [0.15, 0.2) is 0 Å². The van der Waals surface area contributed by atoms with Crippen molar-refractivity contribution in [3.63, 3.8) is 0 Å². The van der Waals surface area contributed by atoms with Gasteiger partial charge in [-0.05, 0) is 32.5 Å². The zero-order chi connectivity index (χ0) is 9.82. The molecule has 1 nitrogen and oxygen atoms in total. The normalized spacial score (nSPS) is 8.77. The van der Waals surface area contributed by atoms with Gasteiger partial charge < -0.3 is 18.7 Å². The Morgan fingerprint density at radius 3 is 1.54 bits per heavy atom. The Balaban J connectivity index is -0.000000309. The molecule has 0 rings (SSSR count). The molecular formula is C11H25NZn. The van der Waals surface area contributed by atoms with Crippen molar-refractivity contribution < 1.29 is 19.5 Å². The van der Waals surface area contributed by atoms with Gasteiger partial charge in [0.1, 0.15) is 0 Å². The fourth-order valence-electron chi connectivity index (χ4n) is 1.19. The van der Waals surface area contributed by atoms with Gasteiger partial charge in [-0.3, -0.25) is 0 Å². The molecule has 0 aliphatic heterocycles. The Labute approximate surface area is 98.0 Å². The molecule has 0 saturated carbocycles. The SMILES string of the molecule is [CH2-]C.[CH2-]CCN(CCC)CCC.[Zn+2]. The van der Waals surface area contributed by atoms with E-state index in [0.29, 0.717) is 0 Å². The van der Waals surface area contributed by atoms with Crippen molar-refractivity contribution in [2.45, 2.75) is 40.0 Å². The van der Waals surface area contributed by atoms with E-state index in [1.807, 2.05) is 0 Å². The molecule has 0 spiro atoms. The molecule has 0 aliphatic carbocycles. The average Bonchev–Trinajstić information content (AvgIpc) is 2.10. The Bertz CT molecular complexity index is 52.8. The molecule has 0 aromatic carbocycles. The molecule has 0 aromatic rings. The van der Waals surface area contributed by atoms with E-state index < -0.39 is 0 Å². The van der Waals surface area contributed by atoms with Gasteiger partial charge in [-0.1, -0.05) is 13.8 Å². The maximum atomic E-state index is 3.85. The number of rotatable bonds is 6. The summed E-state index contributed by atoms with van der Waals surface area (Å²) in [6, 6.07) is 0. The van der Waals surface area contributed by atoms with E-state index in [1.165, 1.54) is 32.5 Å². The quantitative estimate of drug-likeness (QED) is 0.506. The molecule has 0 unspecified atom stereocenters. The van der Waals surface area contributed by atoms with Crippen LogP contribution in [0.5, 0.6) is 0 Å². The second kappa shape index (κ2) is 18.4. The van der Waals surface area contributed by atoms with Gasteiger partial charge in [-0.15, -0.1) is 0 Å². The molecule has 76 valence electrons. The van der Waals surface area contributed by atoms with Gasteiger partial charge in [-0.2, -0.15) is 13.3 Å². The molecule has 0 atom stereocenters. The van der Waals surface area contributed by atoms with Crippen molar-refractivity contribution >= 4 is 0 Å². The monoisotopic (exact) mass is 235 g/mol. The fourth-order valence-corrected chi connectivity index (χ4v) is 1.19. The van der Waals surface area contributed by atoms with E-state index in [-0.39, 0.29) is 19.5 Å². The van der Waals surface area contributed by atoms with Crippen LogP contribution in [0.4, 0.5) is 0 Å². The first-order chi connectivity index (χ1) is 5.85. The molecule has 2 heteroatoms. The molecule has 0 aliphatic rings. The average molecular weight is 237 g/mol. The minimum atomic E-state index is 0. The van der Waals surface area contributed by atoms with Crippen molar-refractivity contribution in [1.29, 1.82) is 0 Å². The summed E-state index contributed by atoms with van der Waals surface area (Å²) >= 11 is 0. The summed E-state index contributed by atoms with van der Waals surface area (Å²) < 4.78 is 0. The van der Waals surface area contributed by atoms with E-state index in [0.717, 1.165) is 6.42 Å². The van der Waals surface area contributed by atoms with Crippen molar-refractivity contribution in [1.82, 2.24) is 4.90 Å². The third kappa shape index (κ3) is 15.3. The Morgan fingerprint density at radius 2 is 1.31 bits per heavy atom. The molecule has 0 heterocycles. The van der Waals surface area contributed by atoms with Gasteiger partial charge in [0.2, 0.25) is 0 Å². The molecule has 0 saturated heterocycles. The second-order valence-corrected chi connectivity index (χ2v) is 2.70. The van der Waals surface area contributed by atoms with Gasteiger partial charge in [0, 0.05) is 0 Å². The van der Waals surface area contributed by atoms with E-state index in [9.17, 15) is 0 Å². The van der Waals surface area contributed by atoms with E-state index in [2.05, 4.69) is 32.6 Å². The summed E-state index contributed by atoms with van der Waals surface area (Å²) in [6.07, 6.45) is 3.57. The predicted molar refractivity (Wildman–Crippen MR) is 58.0 cm³/mol. The minimum Gasteiger partial charge on any atom is -0.346 e. The van der Waals surface area contributed by atoms with Crippen LogP contribution < -0.4 is 0 Å². The fraction of sp³-hybridized carbons (Fsp3) is 0.818. The van der Waals surface area contributed by atoms with Crippen LogP contribution in [-0.2, 0) is 19.5 Å². The maximum absolute atomic E-state index is 3.85. The van der Waals surface area contributed by atoms with Crippen LogP contribution in [0.2, 0.25) is 0 Å². The topological polar surface area (TPSA) is 3.24 Å². The van der Waals surface area contributed by atoms with Crippen molar-refractivity contribution in [3.05, 3.63) is 13.8 Å². The smallest absolute Gasteiger partial charge is 0.346 e. The summed E-state index contributed by atoms with van der Waals surface area (Å²) in [5, 5.41) is 0. The molecule has 0 radical (unpaired) electrons. The van der Waals surface area contributed by atoms with Gasteiger partial charge in [0.15, 0.2) is 0 Å². The van der Waals surface area contributed by atoms with Crippen LogP contribution in [-0.4, -0.2) is 24.5 Å². The second-order valence-electron chi connectivity index (χ2n) is 2.70. The van der Waals surface area contributed by atoms with E-state index >= 15 is 0 Å². The van der Waals surface area contributed by atoms with Gasteiger partial charge in [0.25, 0.3) is 0 Å². The predicted octanol–water partition coefficient (Wildman–Crippen LogP) is 3.17. The number of nitrogens with zero attached hydrogens (tertiary/aromatic N) is 1. The van der Waals surface area contributed by atoms with Gasteiger partial charge in [-0.25, -0.2) is 0 Å². The first-order valence-electron chi connectivity index (χ1n) is 5.07. The summed E-state index contributed by atoms with van der Waals surface area (Å²) in [7, 11) is 0. The molecule has 0 amide bonds. The minimum absolute atomic E-state index is 0. The van der Waals surface area contributed by atoms with Crippen molar-refractivity contribution in [2.75, 3.05) is 19.6 Å². The summed E-state index contributed by atoms with van der Waals surface area (Å²) in [5.41, 5.74) is 0. The molecule has 0 bridgehead atoms. The van der Waals surface area contributed by atoms with E-state index in [1.54, 1.807) is 6.92 Å². The first-order valence-corrected chi connectivity index (χ1v) is 5.07. The van der Waals surface area contributed by atoms with Crippen molar-refractivity contribution in [3.8, 4) is 0 Å². The van der Waals surface area contributed by atoms with Gasteiger partial charge in [0.05, 0.1) is 0 Å². The van der Waals surface area contributed by atoms with E-state index in [4.69, 9.17) is 0 Å². The number of hydrogen-bond donors (Lipinski definition) is 0. The van der Waals surface area contributed by atoms with Crippen LogP contribution >= 0.6 is 0 Å². The Hall–Kier alpha value is 0.583. The van der Waals surface area contributed by atoms with Crippen LogP contribution in [0.3, 0.4) is 0 Å². The standard InChI is InChI=1S/C9H20N.C2H5.Zn/c1-4-7-10(8-5-2)9-6-3;1-2;/h1,4-9H2,2-3H3;1H2,2H3;/q2*-1;+2. The summed E-state index contributed by atoms with van der Waals surface area (Å²) in [5.74, 6) is 0. The van der Waals surface area contributed by atoms with Gasteiger partial charge >= 0.3 is 19.5 Å². The Morgan fingerprint density at radius 1 is 0.923 bits per heavy atom. The van der Waals surface area contributed by atoms with Crippen LogP contribution in [0.25, 0.3) is 0 Å².